The van der Waals surface area contributed by atoms with Gasteiger partial charge >= 0.3 is 15.6 Å². The molecule has 0 aliphatic rings. The van der Waals surface area contributed by atoms with E-state index >= 15 is 0 Å². The lowest BCUT2D eigenvalue weighted by molar-refractivity contribution is -0.189. The maximum Gasteiger partial charge on any atom is 0.544 e. The molecule has 0 heterocycles. The van der Waals surface area contributed by atoms with Gasteiger partial charge < -0.3 is 19.6 Å². The van der Waals surface area contributed by atoms with Gasteiger partial charge in [-0.25, -0.2) is 9.13 Å². The second-order valence-corrected chi connectivity index (χ2v) is 28.2. The highest BCUT2D eigenvalue weighted by molar-refractivity contribution is 7.47. The predicted octanol–water partition coefficient (Wildman–Crippen LogP) is 16.5. The Kier molecular flexibility index (Phi) is 21.2. The largest absolute Gasteiger partial charge is 0.544 e. The van der Waals surface area contributed by atoms with Crippen molar-refractivity contribution in [3.8, 4) is 23.0 Å². The zero-order chi connectivity index (χ0) is 55.5. The molecule has 2 N–H and O–H groups in total. The van der Waals surface area contributed by atoms with Crippen molar-refractivity contribution in [1.29, 1.82) is 0 Å². The number of hydrogen-bond acceptors (Lipinski definition) is 10. The molecule has 403 valence electrons. The van der Waals surface area contributed by atoms with Gasteiger partial charge in [-0.1, -0.05) is 232 Å². The van der Waals surface area contributed by atoms with Crippen LogP contribution in [0.25, 0.3) is 0 Å². The van der Waals surface area contributed by atoms with Crippen LogP contribution in [-0.4, -0.2) is 27.1 Å². The predicted molar refractivity (Wildman–Crippen MR) is 297 cm³/mol. The van der Waals surface area contributed by atoms with E-state index in [9.17, 15) is 18.9 Å². The highest BCUT2D eigenvalue weighted by Crippen LogP contribution is 2.49. The summed E-state index contributed by atoms with van der Waals surface area (Å²) in [7, 11) is -9.47. The van der Waals surface area contributed by atoms with E-state index in [0.29, 0.717) is 11.5 Å². The molecule has 0 aliphatic heterocycles. The fraction of sp³-hybridized carbons (Fsp3) is 0.517. The lowest BCUT2D eigenvalue weighted by Crippen LogP contribution is -2.19. The van der Waals surface area contributed by atoms with Crippen molar-refractivity contribution in [1.82, 2.24) is 0 Å². The van der Waals surface area contributed by atoms with Gasteiger partial charge in [0, 0.05) is 50.4 Å². The van der Waals surface area contributed by atoms with Crippen LogP contribution in [-0.2, 0) is 71.1 Å². The van der Waals surface area contributed by atoms with Gasteiger partial charge in [0.1, 0.15) is 0 Å². The van der Waals surface area contributed by atoms with E-state index in [2.05, 4.69) is 96.2 Å². The van der Waals surface area contributed by atoms with Crippen molar-refractivity contribution in [2.45, 2.75) is 196 Å². The van der Waals surface area contributed by atoms with Gasteiger partial charge in [-0.15, -0.1) is 13.2 Å². The molecule has 0 aliphatic carbocycles. The topological polar surface area (TPSA) is 148 Å². The highest BCUT2D eigenvalue weighted by atomic mass is 31.2. The second kappa shape index (κ2) is 23.7. The zero-order valence-electron chi connectivity index (χ0n) is 47.9. The third-order valence-electron chi connectivity index (χ3n) is 12.3. The van der Waals surface area contributed by atoms with Crippen molar-refractivity contribution in [3.05, 3.63) is 143 Å². The summed E-state index contributed by atoms with van der Waals surface area (Å²) in [4.78, 5) is 41.9. The van der Waals surface area contributed by atoms with Crippen LogP contribution >= 0.6 is 15.6 Å². The summed E-state index contributed by atoms with van der Waals surface area (Å²) >= 11 is 0. The molecule has 0 saturated carbocycles. The van der Waals surface area contributed by atoms with Crippen molar-refractivity contribution in [3.63, 3.8) is 0 Å². The van der Waals surface area contributed by atoms with Crippen LogP contribution in [0.5, 0.6) is 23.0 Å². The molecule has 2 unspecified atom stereocenters. The summed E-state index contributed by atoms with van der Waals surface area (Å²) in [5, 5.41) is 0. The summed E-state index contributed by atoms with van der Waals surface area (Å²) in [6.07, 6.45) is 3.57. The molecule has 4 rings (SSSR count). The standard InChI is InChI=1S/2C29H43O6P.Al/c2*1-13-29(11,12)23-19-21(27(5,6)7)15-17-25(23)33-35-36(30,31)34-32-24-16-14-20(26(2,3)4)18-22(24)28(8,9)10;/h2*13-19H,1H2,2-12H3,(H,30,31);. The Morgan fingerprint density at radius 1 is 0.356 bits per heavy atom. The monoisotopic (exact) mass is 1060 g/mol. The molecular formula is C58H86AlO12P2. The van der Waals surface area contributed by atoms with Gasteiger partial charge in [0.15, 0.2) is 23.0 Å². The van der Waals surface area contributed by atoms with Crippen LogP contribution in [0.2, 0.25) is 0 Å². The second-order valence-electron chi connectivity index (χ2n) is 25.8. The first-order valence-electron chi connectivity index (χ1n) is 24.3. The molecule has 0 spiro atoms. The summed E-state index contributed by atoms with van der Waals surface area (Å²) in [6, 6.07) is 22.5. The fourth-order valence-electron chi connectivity index (χ4n) is 7.05. The first-order chi connectivity index (χ1) is 32.3. The molecule has 0 saturated heterocycles. The number of rotatable bonds is 16. The maximum absolute atomic E-state index is 12.6. The minimum atomic E-state index is -4.74. The molecule has 0 aromatic heterocycles. The van der Waals surface area contributed by atoms with Crippen molar-refractivity contribution in [2.75, 3.05) is 0 Å². The molecule has 0 fully saturated rings. The first kappa shape index (κ1) is 65.4. The van der Waals surface area contributed by atoms with E-state index < -0.39 is 26.5 Å². The molecule has 73 heavy (non-hydrogen) atoms. The third kappa shape index (κ3) is 18.8. The summed E-state index contributed by atoms with van der Waals surface area (Å²) in [5.74, 6) is 1.24. The molecular weight excluding hydrogens is 978 g/mol. The fourth-order valence-corrected chi connectivity index (χ4v) is 7.80. The van der Waals surface area contributed by atoms with Gasteiger partial charge in [0.25, 0.3) is 0 Å². The maximum atomic E-state index is 12.6. The number of allylic oxidation sites excluding steroid dienone is 2. The van der Waals surface area contributed by atoms with E-state index in [1.807, 2.05) is 118 Å². The van der Waals surface area contributed by atoms with Gasteiger partial charge in [-0.05, 0) is 79.0 Å². The van der Waals surface area contributed by atoms with Crippen molar-refractivity contribution in [2.24, 2.45) is 0 Å². The van der Waals surface area contributed by atoms with E-state index in [1.165, 1.54) is 0 Å². The molecule has 2 atom stereocenters. The van der Waals surface area contributed by atoms with E-state index in [1.54, 1.807) is 36.4 Å². The number of benzene rings is 4. The van der Waals surface area contributed by atoms with E-state index in [4.69, 9.17) is 38.2 Å². The Balaban J connectivity index is 0.000000493. The van der Waals surface area contributed by atoms with Crippen LogP contribution in [0.3, 0.4) is 0 Å². The SMILES string of the molecule is C=CC(C)(C)c1cc(C(C)(C)C)ccc1OOP(=O)(O)OOc1ccc(C(C)(C)C)cc1C(C)(C)C.C=CC(C)(C)c1cc(C(C)(C)C)ccc1OOP(=O)(O)OOc1ccc(C(C)(C)C)cc1C(C)(C)C.[Al]. The summed E-state index contributed by atoms with van der Waals surface area (Å²) in [6.45, 7) is 53.3. The molecule has 4 aromatic rings. The van der Waals surface area contributed by atoms with Crippen LogP contribution in [0.15, 0.2) is 98.1 Å². The molecule has 4 aromatic carbocycles. The Morgan fingerprint density at radius 3 is 0.726 bits per heavy atom. The first-order valence-corrected chi connectivity index (χ1v) is 27.3. The summed E-state index contributed by atoms with van der Waals surface area (Å²) < 4.78 is 44.8. The average molecular weight is 1060 g/mol. The minimum absolute atomic E-state index is 0. The van der Waals surface area contributed by atoms with Crippen molar-refractivity contribution >= 4 is 33.0 Å². The lowest BCUT2D eigenvalue weighted by Gasteiger charge is -2.27. The van der Waals surface area contributed by atoms with Crippen LogP contribution in [0.4, 0.5) is 0 Å². The quantitative estimate of drug-likeness (QED) is 0.0362. The molecule has 15 heteroatoms. The van der Waals surface area contributed by atoms with Gasteiger partial charge in [0.05, 0.1) is 0 Å². The van der Waals surface area contributed by atoms with Gasteiger partial charge in [0.2, 0.25) is 0 Å². The van der Waals surface area contributed by atoms with E-state index in [0.717, 1.165) is 44.5 Å². The molecule has 12 nitrogen and oxygen atoms in total. The normalized spacial score (nSPS) is 14.6. The number of hydrogen-bond donors (Lipinski definition) is 2. The summed E-state index contributed by atoms with van der Waals surface area (Å²) in [5.41, 5.74) is 5.72. The zero-order valence-corrected chi connectivity index (χ0v) is 50.9. The van der Waals surface area contributed by atoms with Crippen molar-refractivity contribution < 1.29 is 57.2 Å². The van der Waals surface area contributed by atoms with Gasteiger partial charge in [-0.3, -0.25) is 9.79 Å². The Hall–Kier alpha value is -3.69. The van der Waals surface area contributed by atoms with E-state index in [-0.39, 0.29) is 61.4 Å². The van der Waals surface area contributed by atoms with Crippen LogP contribution < -0.4 is 19.6 Å². The lowest BCUT2D eigenvalue weighted by atomic mass is 9.79. The smallest absolute Gasteiger partial charge is 0.327 e. The third-order valence-corrected chi connectivity index (χ3v) is 13.3. The molecule has 3 radical (unpaired) electrons. The Morgan fingerprint density at radius 2 is 0.548 bits per heavy atom. The molecule has 0 bridgehead atoms. The average Bonchev–Trinajstić information content (AvgIpc) is 3.24. The van der Waals surface area contributed by atoms with Crippen LogP contribution in [0, 0.1) is 0 Å². The minimum Gasteiger partial charge on any atom is -0.327 e. The van der Waals surface area contributed by atoms with Crippen LogP contribution in [0.1, 0.15) is 197 Å². The highest BCUT2D eigenvalue weighted by Gasteiger charge is 2.34. The molecule has 0 amide bonds. The van der Waals surface area contributed by atoms with Gasteiger partial charge in [-0.2, -0.15) is 0 Å². The number of phosphoric acid groups is 2. The Bertz CT molecular complexity index is 2450. The Labute approximate surface area is 449 Å².